The highest BCUT2D eigenvalue weighted by atomic mass is 32.1. The minimum absolute atomic E-state index is 0.594. The summed E-state index contributed by atoms with van der Waals surface area (Å²) in [6.07, 6.45) is 0.997. The second-order valence-corrected chi connectivity index (χ2v) is 9.23. The number of nitrogens with one attached hydrogen (secondary N) is 2. The number of pyridine rings is 1. The van der Waals surface area contributed by atoms with Crippen molar-refractivity contribution in [1.29, 1.82) is 0 Å². The fourth-order valence-electron chi connectivity index (χ4n) is 3.89. The smallest absolute Gasteiger partial charge is 0.210 e. The van der Waals surface area contributed by atoms with Crippen LogP contribution in [0.1, 0.15) is 23.9 Å². The zero-order valence-electron chi connectivity index (χ0n) is 19.5. The Labute approximate surface area is 207 Å². The van der Waals surface area contributed by atoms with Crippen molar-refractivity contribution in [3.8, 4) is 22.6 Å². The Hall–Kier alpha value is -4.18. The van der Waals surface area contributed by atoms with Crippen molar-refractivity contribution in [3.05, 3.63) is 77.3 Å². The lowest BCUT2D eigenvalue weighted by Gasteiger charge is -2.25. The molecule has 0 bridgehead atoms. The van der Waals surface area contributed by atoms with Gasteiger partial charge in [0.05, 0.1) is 5.69 Å². The summed E-state index contributed by atoms with van der Waals surface area (Å²) in [6, 6.07) is 22.5. The Morgan fingerprint density at radius 1 is 0.943 bits per heavy atom. The van der Waals surface area contributed by atoms with Crippen LogP contribution in [0.5, 0.6) is 0 Å². The summed E-state index contributed by atoms with van der Waals surface area (Å²) in [5.41, 5.74) is 4.74. The maximum absolute atomic E-state index is 5.11. The third-order valence-corrected chi connectivity index (χ3v) is 6.18. The standard InChI is InChI=1S/C25H25N9S/c1-3-13-34(16-18-9-5-4-6-10-18)23-15-19(26-25-31-28-17(2)35-25)14-22(27-23)20-11-7-8-12-21(20)24-29-32-33-30-24/h4-12,14-15H,3,13,16H2,1-2H3,(H,26,27,31)(H,29,30,32,33). The number of aromatic amines is 1. The Bertz CT molecular complexity index is 1380. The number of tetrazole rings is 1. The number of aryl methyl sites for hydroxylation is 1. The first-order valence-electron chi connectivity index (χ1n) is 11.4. The molecule has 0 aliphatic heterocycles. The SMILES string of the molecule is CCCN(Cc1ccccc1)c1cc(Nc2nnc(C)s2)cc(-c2ccccc2-c2nnn[nH]2)n1. The van der Waals surface area contributed by atoms with E-state index in [-0.39, 0.29) is 0 Å². The molecule has 5 aromatic rings. The molecular weight excluding hydrogens is 458 g/mol. The normalized spacial score (nSPS) is 10.9. The molecule has 3 heterocycles. The summed E-state index contributed by atoms with van der Waals surface area (Å²) in [6.45, 7) is 5.75. The van der Waals surface area contributed by atoms with Crippen molar-refractivity contribution in [3.63, 3.8) is 0 Å². The van der Waals surface area contributed by atoms with Crippen LogP contribution in [0.3, 0.4) is 0 Å². The molecule has 0 amide bonds. The highest BCUT2D eigenvalue weighted by Crippen LogP contribution is 2.33. The molecule has 2 aromatic carbocycles. The highest BCUT2D eigenvalue weighted by Gasteiger charge is 2.16. The van der Waals surface area contributed by atoms with Crippen molar-refractivity contribution in [2.45, 2.75) is 26.8 Å². The molecule has 3 aromatic heterocycles. The number of aromatic nitrogens is 7. The molecule has 0 aliphatic rings. The summed E-state index contributed by atoms with van der Waals surface area (Å²) >= 11 is 1.51. The molecule has 0 unspecified atom stereocenters. The maximum Gasteiger partial charge on any atom is 0.210 e. The monoisotopic (exact) mass is 483 g/mol. The summed E-state index contributed by atoms with van der Waals surface area (Å²) in [4.78, 5) is 7.41. The van der Waals surface area contributed by atoms with Gasteiger partial charge in [-0.3, -0.25) is 0 Å². The first-order chi connectivity index (χ1) is 17.2. The zero-order valence-corrected chi connectivity index (χ0v) is 20.3. The van der Waals surface area contributed by atoms with E-state index in [1.807, 2.05) is 43.3 Å². The summed E-state index contributed by atoms with van der Waals surface area (Å²) < 4.78 is 0. The maximum atomic E-state index is 5.11. The topological polar surface area (TPSA) is 108 Å². The second kappa shape index (κ2) is 10.4. The molecule has 176 valence electrons. The summed E-state index contributed by atoms with van der Waals surface area (Å²) in [5, 5.41) is 27.9. The first-order valence-corrected chi connectivity index (χ1v) is 12.2. The predicted molar refractivity (Wildman–Crippen MR) is 139 cm³/mol. The molecular formula is C25H25N9S. The van der Waals surface area contributed by atoms with Crippen LogP contribution in [0.15, 0.2) is 66.7 Å². The summed E-state index contributed by atoms with van der Waals surface area (Å²) in [5.74, 6) is 1.47. The van der Waals surface area contributed by atoms with E-state index in [0.29, 0.717) is 5.82 Å². The van der Waals surface area contributed by atoms with E-state index < -0.39 is 0 Å². The van der Waals surface area contributed by atoms with Gasteiger partial charge in [0.15, 0.2) is 5.82 Å². The third-order valence-electron chi connectivity index (χ3n) is 5.43. The third kappa shape index (κ3) is 5.33. The van der Waals surface area contributed by atoms with Crippen LogP contribution in [0.25, 0.3) is 22.6 Å². The largest absolute Gasteiger partial charge is 0.352 e. The van der Waals surface area contributed by atoms with Gasteiger partial charge in [0, 0.05) is 36.0 Å². The number of rotatable bonds is 9. The number of anilines is 3. The molecule has 10 heteroatoms. The Balaban J connectivity index is 1.60. The van der Waals surface area contributed by atoms with Gasteiger partial charge in [-0.05, 0) is 35.4 Å². The Morgan fingerprint density at radius 2 is 1.74 bits per heavy atom. The molecule has 0 radical (unpaired) electrons. The van der Waals surface area contributed by atoms with Gasteiger partial charge in [0.2, 0.25) is 5.13 Å². The van der Waals surface area contributed by atoms with E-state index in [4.69, 9.17) is 4.98 Å². The lowest BCUT2D eigenvalue weighted by Crippen LogP contribution is -2.24. The molecule has 0 aliphatic carbocycles. The second-order valence-electron chi connectivity index (χ2n) is 8.05. The van der Waals surface area contributed by atoms with E-state index in [9.17, 15) is 0 Å². The van der Waals surface area contributed by atoms with E-state index in [0.717, 1.165) is 58.0 Å². The molecule has 0 fully saturated rings. The number of hydrogen-bond acceptors (Lipinski definition) is 9. The van der Waals surface area contributed by atoms with Gasteiger partial charge in [-0.1, -0.05) is 72.9 Å². The van der Waals surface area contributed by atoms with Crippen LogP contribution in [0.2, 0.25) is 0 Å². The van der Waals surface area contributed by atoms with Gasteiger partial charge in [-0.25, -0.2) is 10.1 Å². The van der Waals surface area contributed by atoms with Gasteiger partial charge < -0.3 is 10.2 Å². The molecule has 0 saturated heterocycles. The van der Waals surface area contributed by atoms with Crippen molar-refractivity contribution in [2.24, 2.45) is 0 Å². The van der Waals surface area contributed by atoms with Crippen LogP contribution >= 0.6 is 11.3 Å². The Morgan fingerprint density at radius 3 is 2.46 bits per heavy atom. The van der Waals surface area contributed by atoms with Crippen LogP contribution in [-0.2, 0) is 6.54 Å². The average molecular weight is 484 g/mol. The van der Waals surface area contributed by atoms with Crippen LogP contribution < -0.4 is 10.2 Å². The van der Waals surface area contributed by atoms with E-state index in [2.05, 4.69) is 78.3 Å². The van der Waals surface area contributed by atoms with Gasteiger partial charge in [0.1, 0.15) is 10.8 Å². The van der Waals surface area contributed by atoms with Crippen LogP contribution in [0.4, 0.5) is 16.6 Å². The van der Waals surface area contributed by atoms with E-state index in [1.165, 1.54) is 16.9 Å². The number of hydrogen-bond donors (Lipinski definition) is 2. The van der Waals surface area contributed by atoms with Crippen LogP contribution in [-0.4, -0.2) is 42.4 Å². The van der Waals surface area contributed by atoms with Gasteiger partial charge in [-0.15, -0.1) is 15.3 Å². The van der Waals surface area contributed by atoms with E-state index in [1.54, 1.807) is 0 Å². The minimum atomic E-state index is 0.594. The molecule has 5 rings (SSSR count). The lowest BCUT2D eigenvalue weighted by atomic mass is 10.0. The Kier molecular flexibility index (Phi) is 6.71. The molecule has 0 saturated carbocycles. The molecule has 0 atom stereocenters. The minimum Gasteiger partial charge on any atom is -0.352 e. The molecule has 2 N–H and O–H groups in total. The number of nitrogens with zero attached hydrogens (tertiary/aromatic N) is 7. The fourth-order valence-corrected chi connectivity index (χ4v) is 4.51. The number of benzene rings is 2. The van der Waals surface area contributed by atoms with Crippen molar-refractivity contribution in [2.75, 3.05) is 16.8 Å². The molecule has 0 spiro atoms. The summed E-state index contributed by atoms with van der Waals surface area (Å²) in [7, 11) is 0. The van der Waals surface area contributed by atoms with Gasteiger partial charge in [0.25, 0.3) is 0 Å². The first kappa shape index (κ1) is 22.6. The van der Waals surface area contributed by atoms with Crippen molar-refractivity contribution in [1.82, 2.24) is 35.8 Å². The molecule has 9 nitrogen and oxygen atoms in total. The average Bonchev–Trinajstić information content (AvgIpc) is 3.56. The molecule has 35 heavy (non-hydrogen) atoms. The lowest BCUT2D eigenvalue weighted by molar-refractivity contribution is 0.755. The fraction of sp³-hybridized carbons (Fsp3) is 0.200. The predicted octanol–water partition coefficient (Wildman–Crippen LogP) is 5.25. The van der Waals surface area contributed by atoms with Crippen molar-refractivity contribution >= 4 is 28.0 Å². The van der Waals surface area contributed by atoms with Crippen molar-refractivity contribution < 1.29 is 0 Å². The zero-order chi connectivity index (χ0) is 24.0. The van der Waals surface area contributed by atoms with E-state index >= 15 is 0 Å². The van der Waals surface area contributed by atoms with Gasteiger partial charge >= 0.3 is 0 Å². The van der Waals surface area contributed by atoms with Crippen LogP contribution in [0, 0.1) is 6.92 Å². The van der Waals surface area contributed by atoms with Gasteiger partial charge in [-0.2, -0.15) is 0 Å². The number of H-pyrrole nitrogens is 1. The highest BCUT2D eigenvalue weighted by molar-refractivity contribution is 7.15. The quantitative estimate of drug-likeness (QED) is 0.293.